The van der Waals surface area contributed by atoms with E-state index >= 15 is 0 Å². The van der Waals surface area contributed by atoms with Gasteiger partial charge in [0.2, 0.25) is 0 Å². The van der Waals surface area contributed by atoms with E-state index in [9.17, 15) is 4.39 Å². The molecule has 2 aromatic rings. The second-order valence-corrected chi connectivity index (χ2v) is 5.74. The van der Waals surface area contributed by atoms with Crippen LogP contribution in [-0.2, 0) is 0 Å². The fraction of sp³-hybridized carbons (Fsp3) is 0.308. The average molecular weight is 373 g/mol. The molecule has 0 aliphatic carbocycles. The van der Waals surface area contributed by atoms with Crippen molar-refractivity contribution in [1.82, 2.24) is 15.1 Å². The lowest BCUT2D eigenvalue weighted by atomic mass is 10.1. The molecule has 0 saturated carbocycles. The molecule has 0 atom stereocenters. The van der Waals surface area contributed by atoms with Crippen LogP contribution in [0.3, 0.4) is 0 Å². The number of hydrogen-bond acceptors (Lipinski definition) is 3. The third-order valence-corrected chi connectivity index (χ3v) is 3.88. The van der Waals surface area contributed by atoms with E-state index in [2.05, 4.69) is 33.0 Å². The van der Waals surface area contributed by atoms with Crippen molar-refractivity contribution >= 4 is 22.6 Å². The van der Waals surface area contributed by atoms with Crippen molar-refractivity contribution in [3.63, 3.8) is 0 Å². The Bertz CT molecular complexity index is 610. The Morgan fingerprint density at radius 2 is 2.26 bits per heavy atom. The van der Waals surface area contributed by atoms with Crippen LogP contribution in [0.4, 0.5) is 4.39 Å². The molecule has 1 N–H and O–H groups in total. The summed E-state index contributed by atoms with van der Waals surface area (Å²) in [4.78, 5) is 0. The molecule has 0 amide bonds. The van der Waals surface area contributed by atoms with Gasteiger partial charge in [0.25, 0.3) is 0 Å². The van der Waals surface area contributed by atoms with Crippen LogP contribution in [0.1, 0.15) is 6.04 Å². The number of ether oxygens (including phenoxy) is 1. The second kappa shape index (κ2) is 5.09. The first kappa shape index (κ1) is 12.9. The van der Waals surface area contributed by atoms with Gasteiger partial charge < -0.3 is 10.1 Å². The third-order valence-electron chi connectivity index (χ3n) is 3.26. The Balaban J connectivity index is 2.03. The predicted molar refractivity (Wildman–Crippen MR) is 78.8 cm³/mol. The van der Waals surface area contributed by atoms with E-state index in [1.165, 1.54) is 13.2 Å². The fourth-order valence-electron chi connectivity index (χ4n) is 2.12. The first-order chi connectivity index (χ1) is 9.19. The zero-order valence-electron chi connectivity index (χ0n) is 10.4. The Labute approximate surface area is 124 Å². The number of rotatable bonds is 3. The van der Waals surface area contributed by atoms with Crippen LogP contribution in [0.2, 0.25) is 0 Å². The molecular formula is C13H13FIN3O. The van der Waals surface area contributed by atoms with Crippen molar-refractivity contribution in [2.24, 2.45) is 0 Å². The molecule has 1 aliphatic rings. The highest BCUT2D eigenvalue weighted by Gasteiger charge is 2.21. The van der Waals surface area contributed by atoms with Gasteiger partial charge >= 0.3 is 0 Å². The molecule has 1 saturated heterocycles. The Hall–Kier alpha value is -1.15. The molecule has 2 heterocycles. The number of nitrogens with one attached hydrogen (secondary N) is 1. The molecule has 19 heavy (non-hydrogen) atoms. The van der Waals surface area contributed by atoms with Gasteiger partial charge in [-0.2, -0.15) is 5.10 Å². The normalized spacial score (nSPS) is 15.3. The highest BCUT2D eigenvalue weighted by Crippen LogP contribution is 2.34. The van der Waals surface area contributed by atoms with Crippen molar-refractivity contribution in [3.05, 3.63) is 33.9 Å². The van der Waals surface area contributed by atoms with Crippen molar-refractivity contribution in [2.75, 3.05) is 20.2 Å². The third kappa shape index (κ3) is 2.34. The van der Waals surface area contributed by atoms with Gasteiger partial charge in [-0.05, 0) is 34.7 Å². The van der Waals surface area contributed by atoms with Gasteiger partial charge in [-0.1, -0.05) is 0 Å². The van der Waals surface area contributed by atoms with Crippen LogP contribution in [0.5, 0.6) is 5.75 Å². The maximum Gasteiger partial charge on any atom is 0.166 e. The van der Waals surface area contributed by atoms with Crippen molar-refractivity contribution < 1.29 is 9.13 Å². The molecule has 1 aliphatic heterocycles. The Morgan fingerprint density at radius 3 is 2.89 bits per heavy atom. The van der Waals surface area contributed by atoms with Crippen molar-refractivity contribution in [3.8, 4) is 16.9 Å². The molecule has 4 nitrogen and oxygen atoms in total. The number of nitrogens with zero attached hydrogens (tertiary/aromatic N) is 2. The van der Waals surface area contributed by atoms with E-state index in [0.717, 1.165) is 27.8 Å². The van der Waals surface area contributed by atoms with Gasteiger partial charge in [0.15, 0.2) is 11.6 Å². The van der Waals surface area contributed by atoms with E-state index < -0.39 is 0 Å². The molecule has 0 radical (unpaired) electrons. The zero-order valence-corrected chi connectivity index (χ0v) is 12.5. The topological polar surface area (TPSA) is 39.1 Å². The molecule has 1 aromatic heterocycles. The van der Waals surface area contributed by atoms with Crippen molar-refractivity contribution in [2.45, 2.75) is 6.04 Å². The minimum atomic E-state index is -0.345. The van der Waals surface area contributed by atoms with Gasteiger partial charge in [-0.15, -0.1) is 0 Å². The summed E-state index contributed by atoms with van der Waals surface area (Å²) in [5.41, 5.74) is 1.62. The highest BCUT2D eigenvalue weighted by molar-refractivity contribution is 14.1. The van der Waals surface area contributed by atoms with Crippen LogP contribution in [-0.4, -0.2) is 30.0 Å². The molecule has 6 heteroatoms. The summed E-state index contributed by atoms with van der Waals surface area (Å²) >= 11 is 2.10. The minimum Gasteiger partial charge on any atom is -0.493 e. The number of aromatic nitrogens is 2. The number of halogens is 2. The quantitative estimate of drug-likeness (QED) is 0.841. The van der Waals surface area contributed by atoms with Crippen LogP contribution in [0.15, 0.2) is 24.5 Å². The van der Waals surface area contributed by atoms with E-state index in [0.29, 0.717) is 6.04 Å². The minimum absolute atomic E-state index is 0.270. The van der Waals surface area contributed by atoms with E-state index in [1.54, 1.807) is 6.20 Å². The highest BCUT2D eigenvalue weighted by atomic mass is 127. The second-order valence-electron chi connectivity index (χ2n) is 4.49. The van der Waals surface area contributed by atoms with Gasteiger partial charge in [0, 0.05) is 34.0 Å². The summed E-state index contributed by atoms with van der Waals surface area (Å²) in [5.74, 6) is -0.0749. The molecule has 1 fully saturated rings. The molecule has 100 valence electrons. The van der Waals surface area contributed by atoms with E-state index in [1.807, 2.05) is 16.9 Å². The standard InChI is InChI=1S/C13H13FIN3O/c1-19-13-11(2-9(15)3-12(13)14)8-4-17-18(7-8)10-5-16-6-10/h2-4,7,10,16H,5-6H2,1H3. The maximum atomic E-state index is 13.9. The zero-order chi connectivity index (χ0) is 13.4. The van der Waals surface area contributed by atoms with Gasteiger partial charge in [0.1, 0.15) is 0 Å². The lowest BCUT2D eigenvalue weighted by Gasteiger charge is -2.27. The summed E-state index contributed by atoms with van der Waals surface area (Å²) in [6.45, 7) is 1.86. The SMILES string of the molecule is COc1c(F)cc(I)cc1-c1cnn(C2CNC2)c1. The lowest BCUT2D eigenvalue weighted by molar-refractivity contribution is 0.318. The summed E-state index contributed by atoms with van der Waals surface area (Å²) in [7, 11) is 1.48. The Morgan fingerprint density at radius 1 is 1.47 bits per heavy atom. The summed E-state index contributed by atoms with van der Waals surface area (Å²) in [6.07, 6.45) is 3.70. The smallest absolute Gasteiger partial charge is 0.166 e. The number of benzene rings is 1. The monoisotopic (exact) mass is 373 g/mol. The van der Waals surface area contributed by atoms with E-state index in [4.69, 9.17) is 4.74 Å². The molecule has 3 rings (SSSR count). The van der Waals surface area contributed by atoms with Gasteiger partial charge in [-0.3, -0.25) is 4.68 Å². The average Bonchev–Trinajstić information content (AvgIpc) is 2.75. The predicted octanol–water partition coefficient (Wildman–Crippen LogP) is 2.45. The first-order valence-electron chi connectivity index (χ1n) is 5.97. The van der Waals surface area contributed by atoms with Crippen LogP contribution in [0.25, 0.3) is 11.1 Å². The Kier molecular flexibility index (Phi) is 3.44. The first-order valence-corrected chi connectivity index (χ1v) is 7.05. The van der Waals surface area contributed by atoms with Crippen LogP contribution < -0.4 is 10.1 Å². The number of hydrogen-bond donors (Lipinski definition) is 1. The molecule has 0 spiro atoms. The maximum absolute atomic E-state index is 13.9. The molecule has 0 bridgehead atoms. The van der Waals surface area contributed by atoms with Crippen molar-refractivity contribution in [1.29, 1.82) is 0 Å². The molecule has 1 aromatic carbocycles. The van der Waals surface area contributed by atoms with Gasteiger partial charge in [-0.25, -0.2) is 4.39 Å². The van der Waals surface area contributed by atoms with E-state index in [-0.39, 0.29) is 11.6 Å². The van der Waals surface area contributed by atoms with Gasteiger partial charge in [0.05, 0.1) is 19.3 Å². The summed E-state index contributed by atoms with van der Waals surface area (Å²) < 4.78 is 21.8. The lowest BCUT2D eigenvalue weighted by Crippen LogP contribution is -2.43. The number of methoxy groups -OCH3 is 1. The van der Waals surface area contributed by atoms with Crippen LogP contribution in [0, 0.1) is 9.39 Å². The molecular weight excluding hydrogens is 360 g/mol. The largest absolute Gasteiger partial charge is 0.493 e. The summed E-state index contributed by atoms with van der Waals surface area (Å²) in [5, 5.41) is 7.55. The summed E-state index contributed by atoms with van der Waals surface area (Å²) in [6, 6.07) is 3.76. The fourth-order valence-corrected chi connectivity index (χ4v) is 2.70. The molecule has 0 unspecified atom stereocenters. The van der Waals surface area contributed by atoms with Crippen LogP contribution >= 0.6 is 22.6 Å².